The standard InChI is InChI=1S/C13H18N2O2/c1-4-12(16)15-11-7-6-10(8-9(11)3)13(17)14-5-2/h6-8H,4-5H2,1-3H3,(H,14,17)(H,15,16). The summed E-state index contributed by atoms with van der Waals surface area (Å²) in [6.45, 7) is 6.15. The van der Waals surface area contributed by atoms with Crippen LogP contribution in [0.25, 0.3) is 0 Å². The van der Waals surface area contributed by atoms with Crippen molar-refractivity contribution in [1.82, 2.24) is 5.32 Å². The van der Waals surface area contributed by atoms with Crippen LogP contribution in [-0.2, 0) is 4.79 Å². The summed E-state index contributed by atoms with van der Waals surface area (Å²) in [4.78, 5) is 22.9. The lowest BCUT2D eigenvalue weighted by atomic mass is 10.1. The van der Waals surface area contributed by atoms with E-state index in [0.717, 1.165) is 11.3 Å². The van der Waals surface area contributed by atoms with E-state index in [1.165, 1.54) is 0 Å². The van der Waals surface area contributed by atoms with Gasteiger partial charge in [0.25, 0.3) is 5.91 Å². The Bertz CT molecular complexity index is 427. The van der Waals surface area contributed by atoms with Crippen molar-refractivity contribution in [3.05, 3.63) is 29.3 Å². The fourth-order valence-corrected chi connectivity index (χ4v) is 1.45. The van der Waals surface area contributed by atoms with Crippen LogP contribution in [-0.4, -0.2) is 18.4 Å². The van der Waals surface area contributed by atoms with Crippen LogP contribution in [0.4, 0.5) is 5.69 Å². The summed E-state index contributed by atoms with van der Waals surface area (Å²) in [5.41, 5.74) is 2.25. The quantitative estimate of drug-likeness (QED) is 0.838. The van der Waals surface area contributed by atoms with Crippen molar-refractivity contribution >= 4 is 17.5 Å². The molecular weight excluding hydrogens is 216 g/mol. The SMILES string of the molecule is CCNC(=O)c1ccc(NC(=O)CC)c(C)c1. The summed E-state index contributed by atoms with van der Waals surface area (Å²) in [6.07, 6.45) is 0.442. The van der Waals surface area contributed by atoms with E-state index in [0.29, 0.717) is 18.5 Å². The first kappa shape index (κ1) is 13.2. The molecule has 4 heteroatoms. The van der Waals surface area contributed by atoms with E-state index < -0.39 is 0 Å². The van der Waals surface area contributed by atoms with Crippen LogP contribution in [0.3, 0.4) is 0 Å². The maximum absolute atomic E-state index is 11.6. The number of hydrogen-bond acceptors (Lipinski definition) is 2. The van der Waals surface area contributed by atoms with E-state index >= 15 is 0 Å². The van der Waals surface area contributed by atoms with Gasteiger partial charge in [0, 0.05) is 24.2 Å². The highest BCUT2D eigenvalue weighted by atomic mass is 16.2. The molecule has 1 rings (SSSR count). The second-order valence-electron chi connectivity index (χ2n) is 3.79. The van der Waals surface area contributed by atoms with Gasteiger partial charge in [-0.1, -0.05) is 6.92 Å². The van der Waals surface area contributed by atoms with Crippen molar-refractivity contribution in [2.45, 2.75) is 27.2 Å². The first-order valence-electron chi connectivity index (χ1n) is 5.77. The third-order valence-corrected chi connectivity index (χ3v) is 2.42. The Morgan fingerprint density at radius 2 is 1.94 bits per heavy atom. The predicted molar refractivity (Wildman–Crippen MR) is 68.1 cm³/mol. The Kier molecular flexibility index (Phi) is 4.69. The normalized spacial score (nSPS) is 9.82. The Balaban J connectivity index is 2.86. The minimum Gasteiger partial charge on any atom is -0.352 e. The molecule has 0 aromatic heterocycles. The molecule has 0 unspecified atom stereocenters. The average molecular weight is 234 g/mol. The van der Waals surface area contributed by atoms with E-state index in [1.54, 1.807) is 25.1 Å². The van der Waals surface area contributed by atoms with Crippen molar-refractivity contribution in [3.63, 3.8) is 0 Å². The van der Waals surface area contributed by atoms with Crippen LogP contribution >= 0.6 is 0 Å². The van der Waals surface area contributed by atoms with E-state index in [1.807, 2.05) is 13.8 Å². The van der Waals surface area contributed by atoms with Crippen molar-refractivity contribution in [1.29, 1.82) is 0 Å². The second kappa shape index (κ2) is 6.03. The van der Waals surface area contributed by atoms with Gasteiger partial charge in [-0.2, -0.15) is 0 Å². The van der Waals surface area contributed by atoms with Gasteiger partial charge in [-0.05, 0) is 37.6 Å². The summed E-state index contributed by atoms with van der Waals surface area (Å²) in [6, 6.07) is 5.24. The van der Waals surface area contributed by atoms with Crippen LogP contribution in [0, 0.1) is 6.92 Å². The van der Waals surface area contributed by atoms with Crippen LogP contribution in [0.5, 0.6) is 0 Å². The average Bonchev–Trinajstić information content (AvgIpc) is 2.31. The van der Waals surface area contributed by atoms with Gasteiger partial charge in [-0.3, -0.25) is 9.59 Å². The molecule has 0 heterocycles. The number of carbonyl (C=O) groups is 2. The van der Waals surface area contributed by atoms with Gasteiger partial charge in [0.15, 0.2) is 0 Å². The van der Waals surface area contributed by atoms with Crippen molar-refractivity contribution in [3.8, 4) is 0 Å². The topological polar surface area (TPSA) is 58.2 Å². The molecule has 0 aliphatic rings. The fraction of sp³-hybridized carbons (Fsp3) is 0.385. The Morgan fingerprint density at radius 3 is 2.47 bits per heavy atom. The number of benzene rings is 1. The number of nitrogens with one attached hydrogen (secondary N) is 2. The summed E-state index contributed by atoms with van der Waals surface area (Å²) >= 11 is 0. The molecule has 1 aromatic rings. The Hall–Kier alpha value is -1.84. The minimum absolute atomic E-state index is 0.0288. The van der Waals surface area contributed by atoms with Crippen molar-refractivity contribution in [2.24, 2.45) is 0 Å². The predicted octanol–water partition coefficient (Wildman–Crippen LogP) is 2.09. The molecule has 0 spiro atoms. The molecule has 17 heavy (non-hydrogen) atoms. The van der Waals surface area contributed by atoms with Gasteiger partial charge >= 0.3 is 0 Å². The highest BCUT2D eigenvalue weighted by molar-refractivity contribution is 5.96. The first-order chi connectivity index (χ1) is 8.08. The smallest absolute Gasteiger partial charge is 0.251 e. The molecule has 0 aliphatic heterocycles. The summed E-state index contributed by atoms with van der Waals surface area (Å²) in [5.74, 6) is -0.122. The molecule has 0 radical (unpaired) electrons. The summed E-state index contributed by atoms with van der Waals surface area (Å²) in [7, 11) is 0. The largest absolute Gasteiger partial charge is 0.352 e. The fourth-order valence-electron chi connectivity index (χ4n) is 1.45. The van der Waals surface area contributed by atoms with E-state index in [4.69, 9.17) is 0 Å². The Labute approximate surface area is 101 Å². The van der Waals surface area contributed by atoms with Crippen LogP contribution < -0.4 is 10.6 Å². The zero-order valence-corrected chi connectivity index (χ0v) is 10.5. The molecule has 0 atom stereocenters. The number of hydrogen-bond donors (Lipinski definition) is 2. The van der Waals surface area contributed by atoms with Crippen molar-refractivity contribution in [2.75, 3.05) is 11.9 Å². The monoisotopic (exact) mass is 234 g/mol. The van der Waals surface area contributed by atoms with Crippen molar-refractivity contribution < 1.29 is 9.59 Å². The third kappa shape index (κ3) is 3.59. The lowest BCUT2D eigenvalue weighted by molar-refractivity contribution is -0.115. The molecule has 1 aromatic carbocycles. The first-order valence-corrected chi connectivity index (χ1v) is 5.77. The molecule has 0 fully saturated rings. The van der Waals surface area contributed by atoms with E-state index in [-0.39, 0.29) is 11.8 Å². The molecule has 92 valence electrons. The maximum Gasteiger partial charge on any atom is 0.251 e. The third-order valence-electron chi connectivity index (χ3n) is 2.42. The van der Waals surface area contributed by atoms with Gasteiger partial charge in [-0.25, -0.2) is 0 Å². The van der Waals surface area contributed by atoms with E-state index in [2.05, 4.69) is 10.6 Å². The molecule has 2 amide bonds. The number of rotatable bonds is 4. The van der Waals surface area contributed by atoms with Gasteiger partial charge in [0.2, 0.25) is 5.91 Å². The molecule has 0 saturated heterocycles. The van der Waals surface area contributed by atoms with Gasteiger partial charge in [-0.15, -0.1) is 0 Å². The molecule has 4 nitrogen and oxygen atoms in total. The highest BCUT2D eigenvalue weighted by Gasteiger charge is 2.07. The zero-order valence-electron chi connectivity index (χ0n) is 10.5. The molecule has 0 bridgehead atoms. The van der Waals surface area contributed by atoms with Gasteiger partial charge < -0.3 is 10.6 Å². The number of amides is 2. The lowest BCUT2D eigenvalue weighted by Crippen LogP contribution is -2.22. The maximum atomic E-state index is 11.6. The number of carbonyl (C=O) groups excluding carboxylic acids is 2. The number of anilines is 1. The summed E-state index contributed by atoms with van der Waals surface area (Å²) < 4.78 is 0. The van der Waals surface area contributed by atoms with Crippen LogP contribution in [0.1, 0.15) is 36.2 Å². The minimum atomic E-state index is -0.0935. The van der Waals surface area contributed by atoms with Gasteiger partial charge in [0.1, 0.15) is 0 Å². The zero-order chi connectivity index (χ0) is 12.8. The van der Waals surface area contributed by atoms with Gasteiger partial charge in [0.05, 0.1) is 0 Å². The van der Waals surface area contributed by atoms with Crippen LogP contribution in [0.15, 0.2) is 18.2 Å². The van der Waals surface area contributed by atoms with E-state index in [9.17, 15) is 9.59 Å². The highest BCUT2D eigenvalue weighted by Crippen LogP contribution is 2.16. The molecular formula is C13H18N2O2. The molecule has 0 saturated carbocycles. The lowest BCUT2D eigenvalue weighted by Gasteiger charge is -2.09. The number of aryl methyl sites for hydroxylation is 1. The van der Waals surface area contributed by atoms with Crippen LogP contribution in [0.2, 0.25) is 0 Å². The second-order valence-corrected chi connectivity index (χ2v) is 3.79. The molecule has 0 aliphatic carbocycles. The summed E-state index contributed by atoms with van der Waals surface area (Å²) in [5, 5.41) is 5.52. The Morgan fingerprint density at radius 1 is 1.24 bits per heavy atom. The molecule has 2 N–H and O–H groups in total.